The molecule has 3 heteroatoms. The van der Waals surface area contributed by atoms with Crippen molar-refractivity contribution in [2.75, 3.05) is 19.7 Å². The van der Waals surface area contributed by atoms with E-state index in [2.05, 4.69) is 48.1 Å². The monoisotopic (exact) mass is 299 g/mol. The van der Waals surface area contributed by atoms with Gasteiger partial charge in [0.2, 0.25) is 0 Å². The highest BCUT2D eigenvalue weighted by molar-refractivity contribution is 9.10. The second-order valence-corrected chi connectivity index (χ2v) is 5.61. The van der Waals surface area contributed by atoms with Crippen molar-refractivity contribution in [2.45, 2.75) is 27.2 Å². The first-order valence-electron chi connectivity index (χ1n) is 6.19. The molecule has 17 heavy (non-hydrogen) atoms. The molecule has 0 aromatic heterocycles. The molecule has 0 spiro atoms. The van der Waals surface area contributed by atoms with Crippen molar-refractivity contribution in [3.05, 3.63) is 28.2 Å². The molecule has 1 N–H and O–H groups in total. The zero-order valence-corrected chi connectivity index (χ0v) is 12.5. The Kier molecular flexibility index (Phi) is 6.60. The fourth-order valence-electron chi connectivity index (χ4n) is 1.48. The van der Waals surface area contributed by atoms with Gasteiger partial charge < -0.3 is 10.1 Å². The molecule has 1 aromatic rings. The molecule has 0 radical (unpaired) electrons. The van der Waals surface area contributed by atoms with Gasteiger partial charge in [-0.25, -0.2) is 0 Å². The highest BCUT2D eigenvalue weighted by Gasteiger charge is 2.00. The second kappa shape index (κ2) is 7.72. The highest BCUT2D eigenvalue weighted by Crippen LogP contribution is 2.22. The standard InChI is InChI=1S/C14H22BrNO/c1-11(2)6-7-16-8-9-17-14-10-13(15)5-4-12(14)3/h4-5,10-11,16H,6-9H2,1-3H3. The van der Waals surface area contributed by atoms with E-state index in [9.17, 15) is 0 Å². The molecule has 0 saturated heterocycles. The van der Waals surface area contributed by atoms with Crippen LogP contribution >= 0.6 is 15.9 Å². The van der Waals surface area contributed by atoms with Crippen molar-refractivity contribution in [1.29, 1.82) is 0 Å². The van der Waals surface area contributed by atoms with E-state index in [4.69, 9.17) is 4.74 Å². The summed E-state index contributed by atoms with van der Waals surface area (Å²) in [4.78, 5) is 0. The third-order valence-corrected chi connectivity index (χ3v) is 3.08. The Morgan fingerprint density at radius 3 is 2.76 bits per heavy atom. The minimum atomic E-state index is 0.718. The van der Waals surface area contributed by atoms with E-state index in [0.29, 0.717) is 0 Å². The van der Waals surface area contributed by atoms with Crippen molar-refractivity contribution in [3.63, 3.8) is 0 Å². The molecule has 0 fully saturated rings. The van der Waals surface area contributed by atoms with E-state index in [-0.39, 0.29) is 0 Å². The van der Waals surface area contributed by atoms with Crippen LogP contribution in [0.15, 0.2) is 22.7 Å². The maximum atomic E-state index is 5.73. The van der Waals surface area contributed by atoms with Crippen LogP contribution in [-0.4, -0.2) is 19.7 Å². The predicted molar refractivity (Wildman–Crippen MR) is 76.7 cm³/mol. The molecular weight excluding hydrogens is 278 g/mol. The highest BCUT2D eigenvalue weighted by atomic mass is 79.9. The summed E-state index contributed by atoms with van der Waals surface area (Å²) in [6, 6.07) is 6.11. The summed E-state index contributed by atoms with van der Waals surface area (Å²) < 4.78 is 6.79. The third-order valence-electron chi connectivity index (χ3n) is 2.59. The number of benzene rings is 1. The minimum Gasteiger partial charge on any atom is -0.492 e. The Balaban J connectivity index is 2.20. The van der Waals surface area contributed by atoms with Gasteiger partial charge in [-0.05, 0) is 43.5 Å². The lowest BCUT2D eigenvalue weighted by Crippen LogP contribution is -2.23. The fraction of sp³-hybridized carbons (Fsp3) is 0.571. The number of halogens is 1. The van der Waals surface area contributed by atoms with E-state index in [0.717, 1.165) is 35.8 Å². The number of nitrogens with one attached hydrogen (secondary N) is 1. The third kappa shape index (κ3) is 6.08. The first-order valence-corrected chi connectivity index (χ1v) is 6.98. The molecule has 0 aliphatic carbocycles. The zero-order chi connectivity index (χ0) is 12.7. The first kappa shape index (κ1) is 14.5. The van der Waals surface area contributed by atoms with E-state index in [1.165, 1.54) is 12.0 Å². The van der Waals surface area contributed by atoms with E-state index < -0.39 is 0 Å². The van der Waals surface area contributed by atoms with Crippen LogP contribution in [-0.2, 0) is 0 Å². The summed E-state index contributed by atoms with van der Waals surface area (Å²) in [5.41, 5.74) is 1.18. The van der Waals surface area contributed by atoms with Gasteiger partial charge in [0.25, 0.3) is 0 Å². The number of ether oxygens (including phenoxy) is 1. The molecule has 0 heterocycles. The van der Waals surface area contributed by atoms with E-state index in [1.807, 2.05) is 12.1 Å². The average Bonchev–Trinajstić information content (AvgIpc) is 2.27. The van der Waals surface area contributed by atoms with Gasteiger partial charge in [0.1, 0.15) is 12.4 Å². The van der Waals surface area contributed by atoms with Gasteiger partial charge in [0.05, 0.1) is 0 Å². The maximum Gasteiger partial charge on any atom is 0.123 e. The van der Waals surface area contributed by atoms with Gasteiger partial charge in [0, 0.05) is 11.0 Å². The molecule has 2 nitrogen and oxygen atoms in total. The quantitative estimate of drug-likeness (QED) is 0.774. The lowest BCUT2D eigenvalue weighted by molar-refractivity contribution is 0.310. The van der Waals surface area contributed by atoms with Gasteiger partial charge in [-0.15, -0.1) is 0 Å². The topological polar surface area (TPSA) is 21.3 Å². The Morgan fingerprint density at radius 2 is 2.06 bits per heavy atom. The summed E-state index contributed by atoms with van der Waals surface area (Å²) in [6.07, 6.45) is 1.22. The lowest BCUT2D eigenvalue weighted by atomic mass is 10.1. The molecule has 0 saturated carbocycles. The smallest absolute Gasteiger partial charge is 0.123 e. The zero-order valence-electron chi connectivity index (χ0n) is 10.9. The molecule has 96 valence electrons. The van der Waals surface area contributed by atoms with Crippen LogP contribution in [0.4, 0.5) is 0 Å². The van der Waals surface area contributed by atoms with E-state index >= 15 is 0 Å². The largest absolute Gasteiger partial charge is 0.492 e. The van der Waals surface area contributed by atoms with Crippen molar-refractivity contribution >= 4 is 15.9 Å². The van der Waals surface area contributed by atoms with Gasteiger partial charge >= 0.3 is 0 Å². The number of hydrogen-bond donors (Lipinski definition) is 1. The van der Waals surface area contributed by atoms with Crippen LogP contribution in [0.2, 0.25) is 0 Å². The normalized spacial score (nSPS) is 10.9. The van der Waals surface area contributed by atoms with Crippen LogP contribution in [0.25, 0.3) is 0 Å². The van der Waals surface area contributed by atoms with Crippen LogP contribution in [0.1, 0.15) is 25.8 Å². The molecule has 0 amide bonds. The lowest BCUT2D eigenvalue weighted by Gasteiger charge is -2.10. The van der Waals surface area contributed by atoms with Crippen molar-refractivity contribution < 1.29 is 4.74 Å². The minimum absolute atomic E-state index is 0.718. The number of rotatable bonds is 7. The van der Waals surface area contributed by atoms with Crippen molar-refractivity contribution in [1.82, 2.24) is 5.32 Å². The summed E-state index contributed by atoms with van der Waals surface area (Å²) in [7, 11) is 0. The van der Waals surface area contributed by atoms with Gasteiger partial charge in [0.15, 0.2) is 0 Å². The molecule has 1 rings (SSSR count). The fourth-order valence-corrected chi connectivity index (χ4v) is 1.82. The van der Waals surface area contributed by atoms with E-state index in [1.54, 1.807) is 0 Å². The maximum absolute atomic E-state index is 5.73. The second-order valence-electron chi connectivity index (χ2n) is 4.69. The summed E-state index contributed by atoms with van der Waals surface area (Å²) in [6.45, 7) is 9.23. The van der Waals surface area contributed by atoms with Crippen LogP contribution in [0.5, 0.6) is 5.75 Å². The van der Waals surface area contributed by atoms with Gasteiger partial charge in [-0.2, -0.15) is 0 Å². The molecule has 1 aromatic carbocycles. The summed E-state index contributed by atoms with van der Waals surface area (Å²) >= 11 is 3.45. The Morgan fingerprint density at radius 1 is 1.29 bits per heavy atom. The molecule has 0 atom stereocenters. The molecule has 0 aliphatic rings. The van der Waals surface area contributed by atoms with Gasteiger partial charge in [-0.1, -0.05) is 35.8 Å². The van der Waals surface area contributed by atoms with Crippen LogP contribution in [0, 0.1) is 12.8 Å². The Hall–Kier alpha value is -0.540. The number of hydrogen-bond acceptors (Lipinski definition) is 2. The Labute approximate surface area is 113 Å². The number of aryl methyl sites for hydroxylation is 1. The average molecular weight is 300 g/mol. The Bertz CT molecular complexity index is 339. The predicted octanol–water partition coefficient (Wildman–Crippen LogP) is 3.77. The molecule has 0 bridgehead atoms. The summed E-state index contributed by atoms with van der Waals surface area (Å²) in [5, 5.41) is 3.38. The SMILES string of the molecule is Cc1ccc(Br)cc1OCCNCCC(C)C. The van der Waals surface area contributed by atoms with Gasteiger partial charge in [-0.3, -0.25) is 0 Å². The van der Waals surface area contributed by atoms with Crippen LogP contribution < -0.4 is 10.1 Å². The first-order chi connectivity index (χ1) is 8.09. The molecule has 0 aliphatic heterocycles. The summed E-state index contributed by atoms with van der Waals surface area (Å²) in [5.74, 6) is 1.72. The molecular formula is C14H22BrNO. The molecule has 0 unspecified atom stereocenters. The van der Waals surface area contributed by atoms with Crippen molar-refractivity contribution in [2.24, 2.45) is 5.92 Å². The van der Waals surface area contributed by atoms with Crippen molar-refractivity contribution in [3.8, 4) is 5.75 Å². The van der Waals surface area contributed by atoms with Crippen LogP contribution in [0.3, 0.4) is 0 Å².